The molecule has 1 aliphatic rings. The standard InChI is InChI=1S/C18H31N3/c1-6-15(3)18(4,5)16-8-9-17(19-14-16)21-12-10-20(7-2)11-13-21/h8-9,14-15H,6-7,10-13H2,1-5H3. The van der Waals surface area contributed by atoms with Crippen LogP contribution in [-0.4, -0.2) is 42.6 Å². The molecule has 0 bridgehead atoms. The lowest BCUT2D eigenvalue weighted by Gasteiger charge is -2.35. The molecule has 1 aromatic heterocycles. The molecule has 1 saturated heterocycles. The highest BCUT2D eigenvalue weighted by Crippen LogP contribution is 2.33. The van der Waals surface area contributed by atoms with Crippen molar-refractivity contribution in [3.8, 4) is 0 Å². The van der Waals surface area contributed by atoms with Crippen molar-refractivity contribution in [1.29, 1.82) is 0 Å². The summed E-state index contributed by atoms with van der Waals surface area (Å²) in [7, 11) is 0. The Morgan fingerprint density at radius 1 is 1.14 bits per heavy atom. The topological polar surface area (TPSA) is 19.4 Å². The highest BCUT2D eigenvalue weighted by Gasteiger charge is 2.27. The SMILES string of the molecule is CCC(C)C(C)(C)c1ccc(N2CCN(CC)CC2)nc1. The number of anilines is 1. The molecule has 1 fully saturated rings. The predicted octanol–water partition coefficient (Wildman–Crippen LogP) is 3.55. The zero-order valence-electron chi connectivity index (χ0n) is 14.4. The fourth-order valence-electron chi connectivity index (χ4n) is 3.04. The van der Waals surface area contributed by atoms with Gasteiger partial charge in [0.15, 0.2) is 0 Å². The van der Waals surface area contributed by atoms with Crippen molar-refractivity contribution in [3.05, 3.63) is 23.9 Å². The Hall–Kier alpha value is -1.09. The Labute approximate surface area is 130 Å². The molecule has 0 radical (unpaired) electrons. The molecule has 0 aromatic carbocycles. The minimum absolute atomic E-state index is 0.196. The van der Waals surface area contributed by atoms with E-state index in [1.54, 1.807) is 0 Å². The lowest BCUT2D eigenvalue weighted by atomic mass is 9.74. The smallest absolute Gasteiger partial charge is 0.128 e. The number of hydrogen-bond donors (Lipinski definition) is 0. The van der Waals surface area contributed by atoms with E-state index in [-0.39, 0.29) is 5.41 Å². The quantitative estimate of drug-likeness (QED) is 0.826. The molecule has 2 rings (SSSR count). The van der Waals surface area contributed by atoms with Crippen molar-refractivity contribution in [2.24, 2.45) is 5.92 Å². The fourth-order valence-corrected chi connectivity index (χ4v) is 3.04. The maximum atomic E-state index is 4.74. The largest absolute Gasteiger partial charge is 0.354 e. The second kappa shape index (κ2) is 6.78. The lowest BCUT2D eigenvalue weighted by Crippen LogP contribution is -2.46. The van der Waals surface area contributed by atoms with Crippen molar-refractivity contribution in [2.75, 3.05) is 37.6 Å². The molecule has 1 aliphatic heterocycles. The average Bonchev–Trinajstić information content (AvgIpc) is 2.54. The minimum Gasteiger partial charge on any atom is -0.354 e. The second-order valence-electron chi connectivity index (χ2n) is 6.86. The van der Waals surface area contributed by atoms with Crippen LogP contribution in [0, 0.1) is 5.92 Å². The molecular weight excluding hydrogens is 258 g/mol. The maximum absolute atomic E-state index is 4.74. The molecule has 1 atom stereocenters. The van der Waals surface area contributed by atoms with Crippen LogP contribution in [0.2, 0.25) is 0 Å². The average molecular weight is 289 g/mol. The van der Waals surface area contributed by atoms with E-state index in [4.69, 9.17) is 4.98 Å². The van der Waals surface area contributed by atoms with Gasteiger partial charge in [-0.2, -0.15) is 0 Å². The van der Waals surface area contributed by atoms with Gasteiger partial charge in [-0.1, -0.05) is 47.1 Å². The molecule has 2 heterocycles. The van der Waals surface area contributed by atoms with Gasteiger partial charge < -0.3 is 9.80 Å². The van der Waals surface area contributed by atoms with Gasteiger partial charge in [-0.25, -0.2) is 4.98 Å². The number of likely N-dealkylation sites (N-methyl/N-ethyl adjacent to an activating group) is 1. The molecule has 0 amide bonds. The van der Waals surface area contributed by atoms with Gasteiger partial charge in [0.05, 0.1) is 0 Å². The molecule has 0 spiro atoms. The Kier molecular flexibility index (Phi) is 5.26. The van der Waals surface area contributed by atoms with Crippen molar-refractivity contribution in [3.63, 3.8) is 0 Å². The van der Waals surface area contributed by atoms with Crippen LogP contribution in [0.5, 0.6) is 0 Å². The van der Waals surface area contributed by atoms with Crippen LogP contribution in [0.1, 0.15) is 46.6 Å². The summed E-state index contributed by atoms with van der Waals surface area (Å²) in [6, 6.07) is 4.49. The number of aromatic nitrogens is 1. The predicted molar refractivity (Wildman–Crippen MR) is 91.0 cm³/mol. The number of rotatable bonds is 5. The van der Waals surface area contributed by atoms with E-state index >= 15 is 0 Å². The molecule has 3 heteroatoms. The molecule has 1 aromatic rings. The molecule has 0 N–H and O–H groups in total. The normalized spacial score (nSPS) is 18.8. The molecule has 118 valence electrons. The summed E-state index contributed by atoms with van der Waals surface area (Å²) in [6.07, 6.45) is 3.29. The van der Waals surface area contributed by atoms with E-state index in [9.17, 15) is 0 Å². The van der Waals surface area contributed by atoms with Crippen LogP contribution in [0.3, 0.4) is 0 Å². The van der Waals surface area contributed by atoms with Gasteiger partial charge in [0.2, 0.25) is 0 Å². The monoisotopic (exact) mass is 289 g/mol. The highest BCUT2D eigenvalue weighted by molar-refractivity contribution is 5.41. The number of hydrogen-bond acceptors (Lipinski definition) is 3. The summed E-state index contributed by atoms with van der Waals surface area (Å²) < 4.78 is 0. The number of nitrogens with zero attached hydrogens (tertiary/aromatic N) is 3. The summed E-state index contributed by atoms with van der Waals surface area (Å²) in [4.78, 5) is 9.65. The van der Waals surface area contributed by atoms with Gasteiger partial charge in [-0.05, 0) is 29.5 Å². The van der Waals surface area contributed by atoms with Gasteiger partial charge in [-0.3, -0.25) is 0 Å². The van der Waals surface area contributed by atoms with Gasteiger partial charge in [0.1, 0.15) is 5.82 Å². The number of piperazine rings is 1. The summed E-state index contributed by atoms with van der Waals surface area (Å²) in [5.41, 5.74) is 1.55. The van der Waals surface area contributed by atoms with Crippen molar-refractivity contribution in [2.45, 2.75) is 46.5 Å². The van der Waals surface area contributed by atoms with Gasteiger partial charge in [0, 0.05) is 32.4 Å². The minimum atomic E-state index is 0.196. The van der Waals surface area contributed by atoms with E-state index in [0.29, 0.717) is 5.92 Å². The van der Waals surface area contributed by atoms with Crippen LogP contribution in [0.25, 0.3) is 0 Å². The van der Waals surface area contributed by atoms with E-state index in [2.05, 4.69) is 62.7 Å². The maximum Gasteiger partial charge on any atom is 0.128 e. The van der Waals surface area contributed by atoms with Crippen LogP contribution in [-0.2, 0) is 5.41 Å². The molecule has 0 saturated carbocycles. The van der Waals surface area contributed by atoms with Gasteiger partial charge in [0.25, 0.3) is 0 Å². The Bertz CT molecular complexity index is 430. The van der Waals surface area contributed by atoms with Crippen LogP contribution < -0.4 is 4.90 Å². The zero-order valence-corrected chi connectivity index (χ0v) is 14.4. The van der Waals surface area contributed by atoms with E-state index < -0.39 is 0 Å². The third-order valence-corrected chi connectivity index (χ3v) is 5.48. The van der Waals surface area contributed by atoms with E-state index in [1.165, 1.54) is 12.0 Å². The molecule has 3 nitrogen and oxygen atoms in total. The first kappa shape index (κ1) is 16.3. The van der Waals surface area contributed by atoms with E-state index in [0.717, 1.165) is 38.5 Å². The van der Waals surface area contributed by atoms with Crippen LogP contribution >= 0.6 is 0 Å². The Morgan fingerprint density at radius 2 is 1.81 bits per heavy atom. The Morgan fingerprint density at radius 3 is 2.29 bits per heavy atom. The first-order valence-corrected chi connectivity index (χ1v) is 8.42. The fraction of sp³-hybridized carbons (Fsp3) is 0.722. The van der Waals surface area contributed by atoms with Crippen LogP contribution in [0.4, 0.5) is 5.82 Å². The van der Waals surface area contributed by atoms with Crippen LogP contribution in [0.15, 0.2) is 18.3 Å². The summed E-state index contributed by atoms with van der Waals surface area (Å²) in [5.74, 6) is 1.80. The molecule has 0 aliphatic carbocycles. The molecular formula is C18H31N3. The van der Waals surface area contributed by atoms with Crippen molar-refractivity contribution < 1.29 is 0 Å². The first-order valence-electron chi connectivity index (χ1n) is 8.42. The number of pyridine rings is 1. The third kappa shape index (κ3) is 3.57. The molecule has 1 unspecified atom stereocenters. The molecule has 21 heavy (non-hydrogen) atoms. The third-order valence-electron chi connectivity index (χ3n) is 5.48. The van der Waals surface area contributed by atoms with Crippen molar-refractivity contribution >= 4 is 5.82 Å². The Balaban J connectivity index is 2.06. The van der Waals surface area contributed by atoms with Gasteiger partial charge in [-0.15, -0.1) is 0 Å². The van der Waals surface area contributed by atoms with E-state index in [1.807, 2.05) is 0 Å². The first-order chi connectivity index (χ1) is 9.98. The lowest BCUT2D eigenvalue weighted by molar-refractivity contribution is 0.270. The summed E-state index contributed by atoms with van der Waals surface area (Å²) in [6.45, 7) is 17.1. The second-order valence-corrected chi connectivity index (χ2v) is 6.86. The zero-order chi connectivity index (χ0) is 15.5. The summed E-state index contributed by atoms with van der Waals surface area (Å²) in [5, 5.41) is 0. The summed E-state index contributed by atoms with van der Waals surface area (Å²) >= 11 is 0. The van der Waals surface area contributed by atoms with Crippen molar-refractivity contribution in [1.82, 2.24) is 9.88 Å². The van der Waals surface area contributed by atoms with Gasteiger partial charge >= 0.3 is 0 Å². The highest BCUT2D eigenvalue weighted by atomic mass is 15.3.